The minimum absolute atomic E-state index is 0.195. The Morgan fingerprint density at radius 1 is 0.839 bits per heavy atom. The van der Waals surface area contributed by atoms with Gasteiger partial charge in [-0.05, 0) is 50.7 Å². The number of carboxylic acid groups (broad SMARTS) is 2. The number of rotatable bonds is 17. The largest absolute Gasteiger partial charge is 0.481 e. The van der Waals surface area contributed by atoms with Gasteiger partial charge < -0.3 is 37.6 Å². The molecular formula is C18H33N5O7S. The predicted molar refractivity (Wildman–Crippen MR) is 115 cm³/mol. The number of thioether (sulfide) groups is 1. The first-order chi connectivity index (χ1) is 14.7. The first kappa shape index (κ1) is 28.6. The highest BCUT2D eigenvalue weighted by molar-refractivity contribution is 7.98. The maximum Gasteiger partial charge on any atom is 0.326 e. The van der Waals surface area contributed by atoms with Crippen molar-refractivity contribution in [2.75, 3.05) is 25.1 Å². The van der Waals surface area contributed by atoms with Gasteiger partial charge in [0.05, 0.1) is 6.54 Å². The van der Waals surface area contributed by atoms with Crippen molar-refractivity contribution in [1.82, 2.24) is 16.0 Å². The molecule has 0 aromatic heterocycles. The summed E-state index contributed by atoms with van der Waals surface area (Å²) in [5.41, 5.74) is 10.8. The summed E-state index contributed by atoms with van der Waals surface area (Å²) in [4.78, 5) is 59.1. The summed E-state index contributed by atoms with van der Waals surface area (Å²) < 4.78 is 0. The summed E-state index contributed by atoms with van der Waals surface area (Å²) >= 11 is 1.47. The van der Waals surface area contributed by atoms with Crippen LogP contribution in [-0.4, -0.2) is 83.1 Å². The van der Waals surface area contributed by atoms with E-state index >= 15 is 0 Å². The minimum atomic E-state index is -1.42. The van der Waals surface area contributed by atoms with Crippen LogP contribution in [0.25, 0.3) is 0 Å². The molecule has 3 amide bonds. The molecule has 0 aliphatic heterocycles. The first-order valence-electron chi connectivity index (χ1n) is 9.90. The van der Waals surface area contributed by atoms with Crippen LogP contribution in [0.15, 0.2) is 0 Å². The molecule has 0 aromatic rings. The second-order valence-electron chi connectivity index (χ2n) is 6.78. The highest BCUT2D eigenvalue weighted by Crippen LogP contribution is 2.07. The average Bonchev–Trinajstić information content (AvgIpc) is 2.72. The number of unbranched alkanes of at least 4 members (excludes halogenated alkanes) is 1. The van der Waals surface area contributed by atoms with Gasteiger partial charge in [-0.15, -0.1) is 0 Å². The van der Waals surface area contributed by atoms with E-state index in [0.717, 1.165) is 0 Å². The fourth-order valence-corrected chi connectivity index (χ4v) is 3.06. The number of aliphatic carboxylic acids is 2. The van der Waals surface area contributed by atoms with Gasteiger partial charge in [0.2, 0.25) is 17.7 Å². The number of carboxylic acids is 2. The molecule has 13 heteroatoms. The molecule has 0 spiro atoms. The molecule has 0 bridgehead atoms. The van der Waals surface area contributed by atoms with E-state index in [4.69, 9.17) is 16.6 Å². The standard InChI is InChI=1S/C18H33N5O7S/c1-31-9-7-12(21-14(24)10-20)17(28)22-11(4-2-3-8-19)16(27)23-13(18(29)30)5-6-15(25)26/h11-13H,2-10,19-20H2,1H3,(H,21,24)(H,22,28)(H,23,27)(H,25,26)(H,29,30). The van der Waals surface area contributed by atoms with E-state index in [0.29, 0.717) is 31.6 Å². The van der Waals surface area contributed by atoms with Gasteiger partial charge in [-0.25, -0.2) is 4.79 Å². The lowest BCUT2D eigenvalue weighted by atomic mass is 10.1. The maximum atomic E-state index is 12.7. The topological polar surface area (TPSA) is 214 Å². The number of amides is 3. The summed E-state index contributed by atoms with van der Waals surface area (Å²) in [5.74, 6) is -3.87. The third-order valence-corrected chi connectivity index (χ3v) is 4.93. The van der Waals surface area contributed by atoms with Crippen molar-refractivity contribution in [3.05, 3.63) is 0 Å². The van der Waals surface area contributed by atoms with Gasteiger partial charge in [0, 0.05) is 6.42 Å². The Morgan fingerprint density at radius 2 is 1.42 bits per heavy atom. The Kier molecular flexibility index (Phi) is 15.1. The van der Waals surface area contributed by atoms with Gasteiger partial charge >= 0.3 is 11.9 Å². The average molecular weight is 464 g/mol. The van der Waals surface area contributed by atoms with Crippen LogP contribution in [0.5, 0.6) is 0 Å². The molecular weight excluding hydrogens is 430 g/mol. The summed E-state index contributed by atoms with van der Waals surface area (Å²) in [7, 11) is 0. The van der Waals surface area contributed by atoms with Crippen molar-refractivity contribution in [3.63, 3.8) is 0 Å². The first-order valence-corrected chi connectivity index (χ1v) is 11.3. The second-order valence-corrected chi connectivity index (χ2v) is 7.77. The molecule has 0 saturated carbocycles. The van der Waals surface area contributed by atoms with E-state index in [9.17, 15) is 29.1 Å². The Balaban J connectivity index is 5.31. The molecule has 0 aliphatic rings. The van der Waals surface area contributed by atoms with Gasteiger partial charge in [-0.2, -0.15) is 11.8 Å². The van der Waals surface area contributed by atoms with Crippen LogP contribution in [-0.2, 0) is 24.0 Å². The molecule has 9 N–H and O–H groups in total. The lowest BCUT2D eigenvalue weighted by Gasteiger charge is -2.24. The van der Waals surface area contributed by atoms with Gasteiger partial charge in [0.15, 0.2) is 0 Å². The van der Waals surface area contributed by atoms with Crippen molar-refractivity contribution in [3.8, 4) is 0 Å². The lowest BCUT2D eigenvalue weighted by molar-refractivity contribution is -0.143. The van der Waals surface area contributed by atoms with E-state index < -0.39 is 54.2 Å². The normalized spacial score (nSPS) is 13.5. The number of nitrogens with one attached hydrogen (secondary N) is 3. The molecule has 3 atom stereocenters. The van der Waals surface area contributed by atoms with E-state index in [-0.39, 0.29) is 19.4 Å². The Labute approximate surface area is 185 Å². The van der Waals surface area contributed by atoms with Crippen LogP contribution in [0, 0.1) is 0 Å². The Bertz CT molecular complexity index is 620. The second kappa shape index (κ2) is 16.3. The molecule has 0 heterocycles. The molecule has 0 fully saturated rings. The Hall–Kier alpha value is -2.38. The van der Waals surface area contributed by atoms with Crippen molar-refractivity contribution < 1.29 is 34.2 Å². The van der Waals surface area contributed by atoms with E-state index in [1.54, 1.807) is 0 Å². The van der Waals surface area contributed by atoms with Crippen LogP contribution < -0.4 is 27.4 Å². The van der Waals surface area contributed by atoms with Gasteiger partial charge in [0.25, 0.3) is 0 Å². The zero-order valence-corrected chi connectivity index (χ0v) is 18.4. The zero-order valence-electron chi connectivity index (χ0n) is 17.6. The lowest BCUT2D eigenvalue weighted by Crippen LogP contribution is -2.56. The monoisotopic (exact) mass is 463 g/mol. The highest BCUT2D eigenvalue weighted by Gasteiger charge is 2.29. The Morgan fingerprint density at radius 3 is 1.90 bits per heavy atom. The van der Waals surface area contributed by atoms with Crippen molar-refractivity contribution in [1.29, 1.82) is 0 Å². The number of hydrogen-bond acceptors (Lipinski definition) is 8. The molecule has 0 aliphatic carbocycles. The van der Waals surface area contributed by atoms with Gasteiger partial charge in [-0.1, -0.05) is 0 Å². The van der Waals surface area contributed by atoms with Crippen molar-refractivity contribution in [2.24, 2.45) is 11.5 Å². The molecule has 178 valence electrons. The van der Waals surface area contributed by atoms with Crippen molar-refractivity contribution in [2.45, 2.75) is 56.7 Å². The molecule has 0 rings (SSSR count). The third kappa shape index (κ3) is 12.8. The fraction of sp³-hybridized carbons (Fsp3) is 0.722. The maximum absolute atomic E-state index is 12.7. The minimum Gasteiger partial charge on any atom is -0.481 e. The van der Waals surface area contributed by atoms with Crippen molar-refractivity contribution >= 4 is 41.4 Å². The number of hydrogen-bond donors (Lipinski definition) is 7. The number of nitrogens with two attached hydrogens (primary N) is 2. The summed E-state index contributed by atoms with van der Waals surface area (Å²) in [6.07, 6.45) is 2.68. The van der Waals surface area contributed by atoms with Crippen LogP contribution >= 0.6 is 11.8 Å². The molecule has 12 nitrogen and oxygen atoms in total. The molecule has 0 aromatic carbocycles. The molecule has 31 heavy (non-hydrogen) atoms. The fourth-order valence-electron chi connectivity index (χ4n) is 2.59. The number of carbonyl (C=O) groups excluding carboxylic acids is 3. The van der Waals surface area contributed by atoms with Crippen LogP contribution in [0.4, 0.5) is 0 Å². The SMILES string of the molecule is CSCCC(NC(=O)CN)C(=O)NC(CCCCN)C(=O)NC(CCC(=O)O)C(=O)O. The highest BCUT2D eigenvalue weighted by atomic mass is 32.2. The quantitative estimate of drug-likeness (QED) is 0.120. The third-order valence-electron chi connectivity index (χ3n) is 4.29. The summed E-state index contributed by atoms with van der Waals surface area (Å²) in [5, 5.41) is 25.3. The van der Waals surface area contributed by atoms with Crippen LogP contribution in [0.1, 0.15) is 38.5 Å². The summed E-state index contributed by atoms with van der Waals surface area (Å²) in [6.45, 7) is 0.0783. The zero-order chi connectivity index (χ0) is 23.8. The van der Waals surface area contributed by atoms with E-state index in [1.165, 1.54) is 11.8 Å². The predicted octanol–water partition coefficient (Wildman–Crippen LogP) is -1.77. The smallest absolute Gasteiger partial charge is 0.326 e. The molecule has 0 radical (unpaired) electrons. The molecule has 0 saturated heterocycles. The summed E-state index contributed by atoms with van der Waals surface area (Å²) in [6, 6.07) is -3.39. The van der Waals surface area contributed by atoms with Crippen LogP contribution in [0.3, 0.4) is 0 Å². The van der Waals surface area contributed by atoms with Crippen LogP contribution in [0.2, 0.25) is 0 Å². The van der Waals surface area contributed by atoms with Gasteiger partial charge in [-0.3, -0.25) is 19.2 Å². The number of carbonyl (C=O) groups is 5. The van der Waals surface area contributed by atoms with Gasteiger partial charge in [0.1, 0.15) is 18.1 Å². The molecule has 3 unspecified atom stereocenters. The van der Waals surface area contributed by atoms with E-state index in [2.05, 4.69) is 16.0 Å². The van der Waals surface area contributed by atoms with E-state index in [1.807, 2.05) is 6.26 Å².